The molecule has 4 rings (SSSR count). The molecular formula is C18H18O7. The van der Waals surface area contributed by atoms with E-state index in [-0.39, 0.29) is 23.7 Å². The van der Waals surface area contributed by atoms with E-state index in [2.05, 4.69) is 0 Å². The average Bonchev–Trinajstić information content (AvgIpc) is 3.31. The molecule has 2 fully saturated rings. The summed E-state index contributed by atoms with van der Waals surface area (Å²) in [5, 5.41) is 18.8. The largest absolute Gasteiger partial charge is 0.481 e. The maximum atomic E-state index is 12.5. The molecule has 8 atom stereocenters. The van der Waals surface area contributed by atoms with Crippen molar-refractivity contribution in [3.63, 3.8) is 0 Å². The fourth-order valence-electron chi connectivity index (χ4n) is 5.20. The van der Waals surface area contributed by atoms with Crippen LogP contribution in [0.1, 0.15) is 12.8 Å². The lowest BCUT2D eigenvalue weighted by atomic mass is 9.82. The number of fused-ring (bicyclic) bond motifs is 4. The first kappa shape index (κ1) is 16.1. The summed E-state index contributed by atoms with van der Waals surface area (Å²) in [7, 11) is 0. The number of hydrogen-bond donors (Lipinski definition) is 2. The number of allylic oxidation sites excluding steroid dienone is 4. The molecule has 132 valence electrons. The van der Waals surface area contributed by atoms with Crippen LogP contribution in [-0.2, 0) is 23.9 Å². The van der Waals surface area contributed by atoms with Crippen LogP contribution in [-0.4, -0.2) is 34.1 Å². The maximum absolute atomic E-state index is 12.5. The average molecular weight is 346 g/mol. The normalized spacial score (nSPS) is 42.7. The fraction of sp³-hybridized carbons (Fsp3) is 0.556. The molecule has 2 saturated carbocycles. The Morgan fingerprint density at radius 3 is 1.28 bits per heavy atom. The van der Waals surface area contributed by atoms with Gasteiger partial charge in [-0.15, -0.1) is 0 Å². The van der Waals surface area contributed by atoms with Gasteiger partial charge < -0.3 is 14.9 Å². The van der Waals surface area contributed by atoms with Gasteiger partial charge in [0, 0.05) is 0 Å². The van der Waals surface area contributed by atoms with Crippen LogP contribution < -0.4 is 0 Å². The Morgan fingerprint density at radius 2 is 0.960 bits per heavy atom. The summed E-state index contributed by atoms with van der Waals surface area (Å²) in [6.45, 7) is 0. The summed E-state index contributed by atoms with van der Waals surface area (Å²) >= 11 is 0. The third-order valence-electron chi connectivity index (χ3n) is 6.23. The lowest BCUT2D eigenvalue weighted by Crippen LogP contribution is -2.39. The minimum absolute atomic E-state index is 0.215. The Kier molecular flexibility index (Phi) is 3.56. The van der Waals surface area contributed by atoms with Crippen molar-refractivity contribution in [2.75, 3.05) is 0 Å². The van der Waals surface area contributed by atoms with Gasteiger partial charge in [0.05, 0.1) is 23.7 Å². The molecular weight excluding hydrogens is 328 g/mol. The Morgan fingerprint density at radius 1 is 0.640 bits per heavy atom. The monoisotopic (exact) mass is 346 g/mol. The topological polar surface area (TPSA) is 118 Å². The van der Waals surface area contributed by atoms with E-state index >= 15 is 0 Å². The lowest BCUT2D eigenvalue weighted by molar-refractivity contribution is -0.173. The molecule has 0 aromatic rings. The van der Waals surface area contributed by atoms with Crippen molar-refractivity contribution in [3.05, 3.63) is 24.3 Å². The van der Waals surface area contributed by atoms with Crippen LogP contribution in [0.15, 0.2) is 24.3 Å². The van der Waals surface area contributed by atoms with E-state index < -0.39 is 47.5 Å². The second-order valence-electron chi connectivity index (χ2n) is 7.42. The molecule has 4 aliphatic rings. The Hall–Kier alpha value is -2.44. The van der Waals surface area contributed by atoms with Gasteiger partial charge in [-0.3, -0.25) is 19.2 Å². The number of carboxylic acids is 2. The van der Waals surface area contributed by atoms with E-state index in [4.69, 9.17) is 4.74 Å². The van der Waals surface area contributed by atoms with Crippen molar-refractivity contribution < 1.29 is 34.1 Å². The molecule has 7 heteroatoms. The molecule has 0 amide bonds. The van der Waals surface area contributed by atoms with E-state index in [1.165, 1.54) is 0 Å². The summed E-state index contributed by atoms with van der Waals surface area (Å²) in [5.41, 5.74) is 0. The number of ether oxygens (including phenoxy) is 1. The van der Waals surface area contributed by atoms with Gasteiger partial charge in [0.1, 0.15) is 0 Å². The standard InChI is InChI=1S/C18H18O7/c19-15(20)11-7-1-3-9(5-7)13(11)17(23)25-18(24)14-10-4-2-8(6-10)12(14)16(21)22/h1-4,7-14H,5-6H2,(H,19,20)(H,21,22)/t7-,8?,9+,10?,11-,12?,13+,14?/m1/s1. The van der Waals surface area contributed by atoms with Crippen LogP contribution in [0.5, 0.6) is 0 Å². The van der Waals surface area contributed by atoms with Crippen molar-refractivity contribution in [2.45, 2.75) is 12.8 Å². The van der Waals surface area contributed by atoms with Gasteiger partial charge >= 0.3 is 23.9 Å². The summed E-state index contributed by atoms with van der Waals surface area (Å²) in [6.07, 6.45) is 8.35. The summed E-state index contributed by atoms with van der Waals surface area (Å²) in [4.78, 5) is 47.9. The zero-order valence-electron chi connectivity index (χ0n) is 13.3. The molecule has 4 aliphatic carbocycles. The first-order valence-corrected chi connectivity index (χ1v) is 8.46. The van der Waals surface area contributed by atoms with Crippen LogP contribution in [0.3, 0.4) is 0 Å². The summed E-state index contributed by atoms with van der Waals surface area (Å²) < 4.78 is 5.01. The first-order chi connectivity index (χ1) is 11.9. The molecule has 0 radical (unpaired) electrons. The highest BCUT2D eigenvalue weighted by Crippen LogP contribution is 2.50. The molecule has 0 saturated heterocycles. The second kappa shape index (κ2) is 5.54. The van der Waals surface area contributed by atoms with Crippen LogP contribution >= 0.6 is 0 Å². The molecule has 4 bridgehead atoms. The Balaban J connectivity index is 1.50. The zero-order chi connectivity index (χ0) is 17.9. The quantitative estimate of drug-likeness (QED) is 0.444. The Bertz CT molecular complexity index is 661. The molecule has 0 heterocycles. The highest BCUT2D eigenvalue weighted by Gasteiger charge is 2.56. The van der Waals surface area contributed by atoms with Crippen molar-refractivity contribution in [3.8, 4) is 0 Å². The van der Waals surface area contributed by atoms with Crippen molar-refractivity contribution in [1.29, 1.82) is 0 Å². The minimum Gasteiger partial charge on any atom is -0.481 e. The predicted molar refractivity (Wildman–Crippen MR) is 81.8 cm³/mol. The molecule has 2 N–H and O–H groups in total. The molecule has 25 heavy (non-hydrogen) atoms. The number of carbonyl (C=O) groups excluding carboxylic acids is 2. The minimum atomic E-state index is -1.07. The number of hydrogen-bond acceptors (Lipinski definition) is 5. The summed E-state index contributed by atoms with van der Waals surface area (Å²) in [6, 6.07) is 0. The first-order valence-electron chi connectivity index (χ1n) is 8.46. The smallest absolute Gasteiger partial charge is 0.318 e. The lowest BCUT2D eigenvalue weighted by Gasteiger charge is -2.25. The van der Waals surface area contributed by atoms with Gasteiger partial charge in [0.15, 0.2) is 0 Å². The third kappa shape index (κ3) is 2.33. The highest BCUT2D eigenvalue weighted by molar-refractivity contribution is 5.93. The fourth-order valence-corrected chi connectivity index (χ4v) is 5.20. The van der Waals surface area contributed by atoms with Crippen molar-refractivity contribution in [1.82, 2.24) is 0 Å². The van der Waals surface area contributed by atoms with E-state index in [0.29, 0.717) is 12.8 Å². The zero-order valence-corrected chi connectivity index (χ0v) is 13.3. The van der Waals surface area contributed by atoms with Crippen LogP contribution in [0.2, 0.25) is 0 Å². The number of carboxylic acid groups (broad SMARTS) is 2. The maximum Gasteiger partial charge on any atom is 0.318 e. The molecule has 0 aromatic heterocycles. The molecule has 0 aromatic carbocycles. The van der Waals surface area contributed by atoms with Gasteiger partial charge in [0.25, 0.3) is 0 Å². The van der Waals surface area contributed by atoms with E-state index in [0.717, 1.165) is 0 Å². The predicted octanol–water partition coefficient (Wildman–Crippen LogP) is 1.10. The number of carbonyl (C=O) groups is 4. The van der Waals surface area contributed by atoms with Gasteiger partial charge in [0.2, 0.25) is 0 Å². The number of esters is 2. The highest BCUT2D eigenvalue weighted by atomic mass is 16.6. The van der Waals surface area contributed by atoms with E-state index in [1.54, 1.807) is 24.3 Å². The Labute approximate surface area is 143 Å². The van der Waals surface area contributed by atoms with Gasteiger partial charge in [-0.1, -0.05) is 24.3 Å². The third-order valence-corrected chi connectivity index (χ3v) is 6.23. The second-order valence-corrected chi connectivity index (χ2v) is 7.42. The number of aliphatic carboxylic acids is 2. The van der Waals surface area contributed by atoms with Gasteiger partial charge in [-0.05, 0) is 36.5 Å². The van der Waals surface area contributed by atoms with Crippen LogP contribution in [0.4, 0.5) is 0 Å². The molecule has 7 nitrogen and oxygen atoms in total. The van der Waals surface area contributed by atoms with E-state index in [9.17, 15) is 29.4 Å². The number of rotatable bonds is 4. The SMILES string of the molecule is O=C(O)C1C2C=CC(C2)C1C(=O)OC(=O)[C@@H]1[C@H](C(=O)O)[C@@H]2C=C[C@H]1C2. The molecule has 0 aliphatic heterocycles. The van der Waals surface area contributed by atoms with Crippen LogP contribution in [0, 0.1) is 47.3 Å². The van der Waals surface area contributed by atoms with Gasteiger partial charge in [-0.25, -0.2) is 0 Å². The van der Waals surface area contributed by atoms with E-state index in [1.807, 2.05) is 0 Å². The molecule has 4 unspecified atom stereocenters. The van der Waals surface area contributed by atoms with Crippen molar-refractivity contribution >= 4 is 23.9 Å². The van der Waals surface area contributed by atoms with Crippen LogP contribution in [0.25, 0.3) is 0 Å². The van der Waals surface area contributed by atoms with Gasteiger partial charge in [-0.2, -0.15) is 0 Å². The molecule has 0 spiro atoms. The summed E-state index contributed by atoms with van der Waals surface area (Å²) in [5.74, 6) is -8.26. The van der Waals surface area contributed by atoms with Crippen molar-refractivity contribution in [2.24, 2.45) is 47.3 Å².